The molecule has 142 valence electrons. The number of hydrogen-bond donors (Lipinski definition) is 3. The van der Waals surface area contributed by atoms with E-state index in [0.29, 0.717) is 6.54 Å². The molecule has 0 atom stereocenters. The fraction of sp³-hybridized carbons (Fsp3) is 0.389. The zero-order valence-corrected chi connectivity index (χ0v) is 17.6. The highest BCUT2D eigenvalue weighted by Crippen LogP contribution is 2.11. The number of carbonyl (C=O) groups excluding carboxylic acids is 1. The van der Waals surface area contributed by atoms with E-state index in [0.717, 1.165) is 36.7 Å². The average molecular weight is 470 g/mol. The van der Waals surface area contributed by atoms with Crippen molar-refractivity contribution in [1.82, 2.24) is 20.4 Å². The van der Waals surface area contributed by atoms with Gasteiger partial charge < -0.3 is 16.0 Å². The van der Waals surface area contributed by atoms with Crippen LogP contribution in [0.15, 0.2) is 47.7 Å². The molecule has 0 unspecified atom stereocenters. The van der Waals surface area contributed by atoms with E-state index in [2.05, 4.69) is 33.0 Å². The second-order valence-corrected chi connectivity index (χ2v) is 5.57. The third kappa shape index (κ3) is 7.85. The minimum absolute atomic E-state index is 0. The molecule has 26 heavy (non-hydrogen) atoms. The molecule has 2 rings (SSSR count). The van der Waals surface area contributed by atoms with Gasteiger partial charge in [0, 0.05) is 31.2 Å². The van der Waals surface area contributed by atoms with E-state index in [1.54, 1.807) is 23.1 Å². The van der Waals surface area contributed by atoms with Gasteiger partial charge in [0.25, 0.3) is 0 Å². The highest BCUT2D eigenvalue weighted by molar-refractivity contribution is 14.0. The van der Waals surface area contributed by atoms with Crippen molar-refractivity contribution in [3.63, 3.8) is 0 Å². The van der Waals surface area contributed by atoms with Gasteiger partial charge >= 0.3 is 0 Å². The maximum absolute atomic E-state index is 12.0. The number of amides is 1. The van der Waals surface area contributed by atoms with Gasteiger partial charge in [-0.3, -0.25) is 9.48 Å². The Morgan fingerprint density at radius 1 is 1.23 bits per heavy atom. The van der Waals surface area contributed by atoms with E-state index < -0.39 is 0 Å². The van der Waals surface area contributed by atoms with Crippen molar-refractivity contribution in [2.45, 2.75) is 33.4 Å². The molecule has 0 saturated carbocycles. The van der Waals surface area contributed by atoms with Gasteiger partial charge in [0.05, 0.1) is 6.54 Å². The van der Waals surface area contributed by atoms with Crippen molar-refractivity contribution in [1.29, 1.82) is 0 Å². The highest BCUT2D eigenvalue weighted by atomic mass is 127. The maximum atomic E-state index is 12.0. The Morgan fingerprint density at radius 2 is 2.08 bits per heavy atom. The van der Waals surface area contributed by atoms with Gasteiger partial charge in [-0.15, -0.1) is 24.0 Å². The van der Waals surface area contributed by atoms with Crippen molar-refractivity contribution in [2.24, 2.45) is 4.99 Å². The van der Waals surface area contributed by atoms with Crippen LogP contribution in [0.4, 0.5) is 5.69 Å². The molecular formula is C18H27IN6O. The highest BCUT2D eigenvalue weighted by Gasteiger charge is 2.04. The van der Waals surface area contributed by atoms with Gasteiger partial charge in [0.2, 0.25) is 5.91 Å². The lowest BCUT2D eigenvalue weighted by Crippen LogP contribution is -2.37. The summed E-state index contributed by atoms with van der Waals surface area (Å²) in [6, 6.07) is 9.51. The molecule has 0 fully saturated rings. The Morgan fingerprint density at radius 3 is 2.77 bits per heavy atom. The van der Waals surface area contributed by atoms with Crippen LogP contribution in [0.2, 0.25) is 0 Å². The Bertz CT molecular complexity index is 687. The first-order valence-electron chi connectivity index (χ1n) is 8.59. The second kappa shape index (κ2) is 12.3. The number of halogens is 1. The van der Waals surface area contributed by atoms with Crippen molar-refractivity contribution >= 4 is 41.5 Å². The van der Waals surface area contributed by atoms with Crippen LogP contribution in [-0.2, 0) is 17.9 Å². The smallest absolute Gasteiger partial charge is 0.246 e. The number of rotatable bonds is 8. The van der Waals surface area contributed by atoms with Crippen LogP contribution in [0.25, 0.3) is 0 Å². The molecular weight excluding hydrogens is 443 g/mol. The number of guanidine groups is 1. The summed E-state index contributed by atoms with van der Waals surface area (Å²) in [7, 11) is 0. The van der Waals surface area contributed by atoms with E-state index in [1.165, 1.54) is 0 Å². The summed E-state index contributed by atoms with van der Waals surface area (Å²) in [5.74, 6) is 0.694. The minimum atomic E-state index is -0.109. The van der Waals surface area contributed by atoms with Crippen molar-refractivity contribution in [3.8, 4) is 0 Å². The topological polar surface area (TPSA) is 83.3 Å². The predicted octanol–water partition coefficient (Wildman–Crippen LogP) is 2.60. The number of benzene rings is 1. The summed E-state index contributed by atoms with van der Waals surface area (Å²) in [6.07, 6.45) is 4.46. The SMILES string of the molecule is CCCNC(=NCc1cccc(NC(=O)Cn2cccn2)c1)NCC.I. The Balaban J connectivity index is 0.00000338. The number of nitrogens with one attached hydrogen (secondary N) is 3. The molecule has 0 aliphatic rings. The van der Waals surface area contributed by atoms with Crippen LogP contribution in [0.3, 0.4) is 0 Å². The number of carbonyl (C=O) groups is 1. The molecule has 1 aromatic carbocycles. The van der Waals surface area contributed by atoms with Gasteiger partial charge in [-0.2, -0.15) is 5.10 Å². The van der Waals surface area contributed by atoms with E-state index in [-0.39, 0.29) is 36.4 Å². The first-order valence-corrected chi connectivity index (χ1v) is 8.59. The van der Waals surface area contributed by atoms with Crippen molar-refractivity contribution < 1.29 is 4.79 Å². The summed E-state index contributed by atoms with van der Waals surface area (Å²) < 4.78 is 1.59. The van der Waals surface area contributed by atoms with Crippen LogP contribution < -0.4 is 16.0 Å². The first-order chi connectivity index (χ1) is 12.2. The molecule has 1 amide bonds. The maximum Gasteiger partial charge on any atom is 0.246 e. The molecule has 1 aromatic heterocycles. The Kier molecular flexibility index (Phi) is 10.4. The molecule has 0 spiro atoms. The van der Waals surface area contributed by atoms with Gasteiger partial charge in [0.1, 0.15) is 6.54 Å². The van der Waals surface area contributed by atoms with Crippen LogP contribution in [0.5, 0.6) is 0 Å². The van der Waals surface area contributed by atoms with E-state index in [4.69, 9.17) is 0 Å². The lowest BCUT2D eigenvalue weighted by molar-refractivity contribution is -0.116. The van der Waals surface area contributed by atoms with Crippen LogP contribution in [0.1, 0.15) is 25.8 Å². The molecule has 0 saturated heterocycles. The van der Waals surface area contributed by atoms with Gasteiger partial charge in [-0.1, -0.05) is 19.1 Å². The third-order valence-electron chi connectivity index (χ3n) is 3.38. The van der Waals surface area contributed by atoms with E-state index in [1.807, 2.05) is 31.2 Å². The number of anilines is 1. The minimum Gasteiger partial charge on any atom is -0.357 e. The van der Waals surface area contributed by atoms with Crippen LogP contribution in [-0.4, -0.2) is 34.7 Å². The zero-order chi connectivity index (χ0) is 17.9. The summed E-state index contributed by atoms with van der Waals surface area (Å²) in [5, 5.41) is 13.4. The number of aliphatic imine (C=N–C) groups is 1. The molecule has 1 heterocycles. The Labute approximate surface area is 171 Å². The molecule has 8 heteroatoms. The quantitative estimate of drug-likeness (QED) is 0.315. The standard InChI is InChI=1S/C18H26N6O.HI/c1-3-9-20-18(19-4-2)21-13-15-7-5-8-16(12-15)23-17(25)14-24-11-6-10-22-24;/h5-8,10-12H,3-4,9,13-14H2,1-2H3,(H,23,25)(H2,19,20,21);1H. The molecule has 0 radical (unpaired) electrons. The third-order valence-corrected chi connectivity index (χ3v) is 3.38. The Hall–Kier alpha value is -2.10. The predicted molar refractivity (Wildman–Crippen MR) is 116 cm³/mol. The fourth-order valence-corrected chi connectivity index (χ4v) is 2.24. The largest absolute Gasteiger partial charge is 0.357 e. The molecule has 3 N–H and O–H groups in total. The molecule has 0 aliphatic heterocycles. The van der Waals surface area contributed by atoms with Crippen LogP contribution in [0, 0.1) is 0 Å². The summed E-state index contributed by atoms with van der Waals surface area (Å²) in [5.41, 5.74) is 1.79. The van der Waals surface area contributed by atoms with Gasteiger partial charge in [0.15, 0.2) is 5.96 Å². The van der Waals surface area contributed by atoms with Crippen LogP contribution >= 0.6 is 24.0 Å². The second-order valence-electron chi connectivity index (χ2n) is 5.57. The molecule has 7 nitrogen and oxygen atoms in total. The van der Waals surface area contributed by atoms with E-state index >= 15 is 0 Å². The summed E-state index contributed by atoms with van der Waals surface area (Å²) >= 11 is 0. The lowest BCUT2D eigenvalue weighted by atomic mass is 10.2. The molecule has 0 bridgehead atoms. The van der Waals surface area contributed by atoms with E-state index in [9.17, 15) is 4.79 Å². The summed E-state index contributed by atoms with van der Waals surface area (Å²) in [4.78, 5) is 16.6. The lowest BCUT2D eigenvalue weighted by Gasteiger charge is -2.11. The first kappa shape index (κ1) is 21.9. The zero-order valence-electron chi connectivity index (χ0n) is 15.2. The van der Waals surface area contributed by atoms with Gasteiger partial charge in [-0.05, 0) is 37.1 Å². The number of aromatic nitrogens is 2. The summed E-state index contributed by atoms with van der Waals surface area (Å²) in [6.45, 7) is 6.60. The normalized spacial score (nSPS) is 10.8. The number of nitrogens with zero attached hydrogens (tertiary/aromatic N) is 3. The van der Waals surface area contributed by atoms with Gasteiger partial charge in [-0.25, -0.2) is 4.99 Å². The molecule has 2 aromatic rings. The average Bonchev–Trinajstić information content (AvgIpc) is 3.10. The monoisotopic (exact) mass is 470 g/mol. The van der Waals surface area contributed by atoms with Crippen molar-refractivity contribution in [2.75, 3.05) is 18.4 Å². The number of hydrogen-bond acceptors (Lipinski definition) is 3. The van der Waals surface area contributed by atoms with Crippen molar-refractivity contribution in [3.05, 3.63) is 48.3 Å². The fourth-order valence-electron chi connectivity index (χ4n) is 2.24. The molecule has 0 aliphatic carbocycles.